The number of aliphatic hydroxyl groups excluding tert-OH is 3. The molecule has 0 fully saturated rings. The highest BCUT2D eigenvalue weighted by Crippen LogP contribution is 2.10. The van der Waals surface area contributed by atoms with E-state index in [-0.39, 0.29) is 6.42 Å². The van der Waals surface area contributed by atoms with Gasteiger partial charge < -0.3 is 106 Å². The summed E-state index contributed by atoms with van der Waals surface area (Å²) in [5.41, 5.74) is 16.6. The highest BCUT2D eigenvalue weighted by Gasteiger charge is 2.39. The van der Waals surface area contributed by atoms with Crippen LogP contribution < -0.4 is 75.7 Å². The van der Waals surface area contributed by atoms with Gasteiger partial charge in [-0.2, -0.15) is 0 Å². The van der Waals surface area contributed by atoms with Crippen molar-refractivity contribution in [2.75, 3.05) is 6.61 Å². The Hall–Kier alpha value is -9.91. The van der Waals surface area contributed by atoms with Gasteiger partial charge in [-0.1, -0.05) is 44.2 Å². The summed E-state index contributed by atoms with van der Waals surface area (Å²) >= 11 is 0. The second-order valence-electron chi connectivity index (χ2n) is 20.6. The third-order valence-electron chi connectivity index (χ3n) is 12.6. The molecule has 1 rings (SSSR count). The number of carboxylic acid groups (broad SMARTS) is 3. The van der Waals surface area contributed by atoms with Gasteiger partial charge in [-0.25, -0.2) is 0 Å². The van der Waals surface area contributed by atoms with Crippen LogP contribution in [0.1, 0.15) is 92.1 Å². The zero-order valence-electron chi connectivity index (χ0n) is 49.2. The van der Waals surface area contributed by atoms with Gasteiger partial charge in [-0.05, 0) is 45.1 Å². The molecule has 37 heteroatoms. The summed E-state index contributed by atoms with van der Waals surface area (Å²) in [7, 11) is 0. The molecule has 0 spiro atoms. The number of hydrogen-bond donors (Lipinski definition) is 20. The highest BCUT2D eigenvalue weighted by atomic mass is 16.4. The minimum atomic E-state index is -2.26. The smallest absolute Gasteiger partial charge is 0.305 e. The molecule has 0 bridgehead atoms. The molecule has 1 aromatic rings. The molecule has 0 aliphatic heterocycles. The van der Waals surface area contributed by atoms with Crippen molar-refractivity contribution in [2.24, 2.45) is 23.1 Å². The number of primary amides is 3. The third kappa shape index (κ3) is 28.4. The molecule has 13 atom stereocenters. The minimum Gasteiger partial charge on any atom is -0.481 e. The van der Waals surface area contributed by atoms with Crippen LogP contribution in [0.2, 0.25) is 0 Å². The zero-order chi connectivity index (χ0) is 68.2. The lowest BCUT2D eigenvalue weighted by Gasteiger charge is -2.29. The number of carbonyl (C=O) groups excluding carboxylic acids is 14. The Morgan fingerprint density at radius 3 is 1.20 bits per heavy atom. The van der Waals surface area contributed by atoms with Crippen LogP contribution in [0.5, 0.6) is 0 Å². The Bertz CT molecular complexity index is 2770. The average molecular weight is 1270 g/mol. The van der Waals surface area contributed by atoms with Crippen LogP contribution in [0.25, 0.3) is 0 Å². The Kier molecular flexibility index (Phi) is 32.6. The number of nitrogens with one attached hydrogen (secondary N) is 11. The molecule has 0 unspecified atom stereocenters. The van der Waals surface area contributed by atoms with E-state index in [1.54, 1.807) is 30.3 Å². The molecule has 0 heterocycles. The van der Waals surface area contributed by atoms with Gasteiger partial charge in [0.05, 0.1) is 38.1 Å². The van der Waals surface area contributed by atoms with Crippen molar-refractivity contribution in [3.8, 4) is 0 Å². The van der Waals surface area contributed by atoms with Crippen molar-refractivity contribution in [3.63, 3.8) is 0 Å². The van der Waals surface area contributed by atoms with Crippen LogP contribution in [-0.4, -0.2) is 217 Å². The van der Waals surface area contributed by atoms with Gasteiger partial charge in [-0.3, -0.25) is 81.5 Å². The fourth-order valence-electron chi connectivity index (χ4n) is 7.89. The number of rotatable bonds is 40. The monoisotopic (exact) mass is 1270 g/mol. The lowest BCUT2D eigenvalue weighted by atomic mass is 10.0. The Labute approximate surface area is 507 Å². The first-order chi connectivity index (χ1) is 41.4. The SMILES string of the molecule is CC(=O)N[C@H](C(=O)N[C@@H](CCC(N)=O)C(=O)N[C@@H](CC(=O)O)C(=O)N[C@@H](C)C(=O)N[C@@H](CCC(=O)O)C(=O)N[C@@H](CC(=O)O)C(=O)N[C@@H](CC(N)=O)C(=O)N[C@H](C(=O)N[C@H](C(=O)N[C@@H](CO)C(=O)N[C@@H](Cc1ccccc1)C(N)=O)C(C)C)[C@@H](C)O)[C@@H](C)O. The molecule has 0 aliphatic carbocycles. The molecule has 0 aliphatic rings. The lowest BCUT2D eigenvalue weighted by Crippen LogP contribution is -2.63. The first-order valence-electron chi connectivity index (χ1n) is 27.2. The maximum Gasteiger partial charge on any atom is 0.305 e. The number of aliphatic hydroxyl groups is 3. The molecular formula is C52H78N14O23. The maximum atomic E-state index is 13.8. The van der Waals surface area contributed by atoms with Crippen LogP contribution in [-0.2, 0) is 87.9 Å². The van der Waals surface area contributed by atoms with Crippen LogP contribution in [0, 0.1) is 5.92 Å². The van der Waals surface area contributed by atoms with Gasteiger partial charge in [-0.15, -0.1) is 0 Å². The summed E-state index contributed by atoms with van der Waals surface area (Å²) in [6.07, 6.45) is -9.95. The quantitative estimate of drug-likeness (QED) is 0.0290. The molecule has 14 amide bonds. The molecular weight excluding hydrogens is 1190 g/mol. The van der Waals surface area contributed by atoms with Gasteiger partial charge in [0.25, 0.3) is 0 Å². The van der Waals surface area contributed by atoms with E-state index in [0.29, 0.717) is 5.56 Å². The second kappa shape index (κ2) is 37.6. The van der Waals surface area contributed by atoms with E-state index in [0.717, 1.165) is 27.7 Å². The van der Waals surface area contributed by atoms with E-state index >= 15 is 0 Å². The van der Waals surface area contributed by atoms with Gasteiger partial charge in [0, 0.05) is 26.2 Å². The van der Waals surface area contributed by atoms with Gasteiger partial charge >= 0.3 is 17.9 Å². The molecule has 0 aromatic heterocycles. The Morgan fingerprint density at radius 2 is 0.775 bits per heavy atom. The van der Waals surface area contributed by atoms with E-state index in [9.17, 15) is 112 Å². The predicted octanol–water partition coefficient (Wildman–Crippen LogP) is -9.55. The van der Waals surface area contributed by atoms with Crippen molar-refractivity contribution >= 4 is 101 Å². The first-order valence-corrected chi connectivity index (χ1v) is 27.2. The topological polar surface area (TPSA) is 622 Å². The molecule has 23 N–H and O–H groups in total. The fourth-order valence-corrected chi connectivity index (χ4v) is 7.89. The molecule has 494 valence electrons. The van der Waals surface area contributed by atoms with E-state index in [2.05, 4.69) is 42.5 Å². The summed E-state index contributed by atoms with van der Waals surface area (Å²) in [6, 6.07) is -12.1. The first kappa shape index (κ1) is 77.1. The summed E-state index contributed by atoms with van der Waals surface area (Å²) in [6.45, 7) is 5.89. The lowest BCUT2D eigenvalue weighted by molar-refractivity contribution is -0.142. The van der Waals surface area contributed by atoms with E-state index in [1.165, 1.54) is 13.8 Å². The van der Waals surface area contributed by atoms with Crippen LogP contribution >= 0.6 is 0 Å². The van der Waals surface area contributed by atoms with E-state index in [1.807, 2.05) is 16.0 Å². The van der Waals surface area contributed by atoms with Crippen molar-refractivity contribution < 1.29 is 112 Å². The normalized spacial score (nSPS) is 15.3. The Morgan fingerprint density at radius 1 is 0.404 bits per heavy atom. The number of amides is 14. The third-order valence-corrected chi connectivity index (χ3v) is 12.6. The largest absolute Gasteiger partial charge is 0.481 e. The maximum absolute atomic E-state index is 13.8. The number of hydrogen-bond acceptors (Lipinski definition) is 20. The number of benzene rings is 1. The van der Waals surface area contributed by atoms with Crippen LogP contribution in [0.15, 0.2) is 30.3 Å². The molecule has 89 heavy (non-hydrogen) atoms. The summed E-state index contributed by atoms with van der Waals surface area (Å²) in [5, 5.41) is 82.9. The minimum absolute atomic E-state index is 0.0625. The van der Waals surface area contributed by atoms with Crippen molar-refractivity contribution in [1.29, 1.82) is 0 Å². The average Bonchev–Trinajstić information content (AvgIpc) is 2.67. The highest BCUT2D eigenvalue weighted by molar-refractivity contribution is 6.01. The van der Waals surface area contributed by atoms with Crippen molar-refractivity contribution in [2.45, 2.75) is 172 Å². The number of carboxylic acids is 3. The summed E-state index contributed by atoms with van der Waals surface area (Å²) in [5.74, 6) is -23.1. The molecule has 37 nitrogen and oxygen atoms in total. The van der Waals surface area contributed by atoms with Crippen molar-refractivity contribution in [1.82, 2.24) is 58.5 Å². The molecule has 0 radical (unpaired) electrons. The van der Waals surface area contributed by atoms with Gasteiger partial charge in [0.2, 0.25) is 82.7 Å². The van der Waals surface area contributed by atoms with E-state index < -0.39 is 237 Å². The number of nitrogens with two attached hydrogens (primary N) is 3. The van der Waals surface area contributed by atoms with E-state index in [4.69, 9.17) is 17.2 Å². The van der Waals surface area contributed by atoms with Gasteiger partial charge in [0.15, 0.2) is 0 Å². The van der Waals surface area contributed by atoms with Crippen molar-refractivity contribution in [3.05, 3.63) is 35.9 Å². The summed E-state index contributed by atoms with van der Waals surface area (Å²) in [4.78, 5) is 218. The fraction of sp³-hybridized carbons (Fsp3) is 0.558. The molecule has 1 aromatic carbocycles. The Balaban J connectivity index is 3.40. The standard InChI is InChI=1S/C52H78N14O23/c1-21(2)39(50(87)64-33(20-67)49(86)60-29(42(55)79)16-26-10-8-7-9-11-26)65-52(89)41(24(5)69)66-48(85)30(17-35(54)72)61-47(84)32(19-38(77)78)63-45(82)28(13-15-36(73)74)58-43(80)22(3)56-46(83)31(18-37(75)76)62-44(81)27(12-14-34(53)71)59-51(88)40(23(4)68)57-25(6)70/h7-11,21-24,27-33,39-41,67-69H,12-20H2,1-6H3,(H2,53,71)(H2,54,72)(H2,55,79)(H,56,83)(H,57,70)(H,58,80)(H,59,88)(H,60,86)(H,61,84)(H,62,81)(H,63,82)(H,64,87)(H,65,89)(H,66,85)(H,73,74)(H,75,76)(H,77,78)/t22-,23+,24+,27-,28-,29-,30-,31-,32-,33-,39-,40-,41-/m0/s1. The number of aliphatic carboxylic acids is 3. The van der Waals surface area contributed by atoms with Crippen LogP contribution in [0.3, 0.4) is 0 Å². The zero-order valence-corrected chi connectivity index (χ0v) is 49.2. The summed E-state index contributed by atoms with van der Waals surface area (Å²) < 4.78 is 0. The molecule has 0 saturated carbocycles. The van der Waals surface area contributed by atoms with Crippen LogP contribution in [0.4, 0.5) is 0 Å². The molecule has 0 saturated heterocycles. The van der Waals surface area contributed by atoms with Gasteiger partial charge in [0.1, 0.15) is 66.5 Å². The number of carbonyl (C=O) groups is 17. The second-order valence-corrected chi connectivity index (χ2v) is 20.6. The predicted molar refractivity (Wildman–Crippen MR) is 301 cm³/mol.